The van der Waals surface area contributed by atoms with E-state index in [9.17, 15) is 23.3 Å². The molecule has 51 heavy (non-hydrogen) atoms. The molecule has 0 aliphatic carbocycles. The number of aliphatic imine (C=N–C) groups is 2. The lowest BCUT2D eigenvalue weighted by Gasteiger charge is -2.20. The van der Waals surface area contributed by atoms with Crippen molar-refractivity contribution in [3.63, 3.8) is 0 Å². The number of benzene rings is 2. The molecule has 0 atom stereocenters. The van der Waals surface area contributed by atoms with Crippen molar-refractivity contribution >= 4 is 34.9 Å². The first-order chi connectivity index (χ1) is 24.3. The predicted octanol–water partition coefficient (Wildman–Crippen LogP) is 5.68. The van der Waals surface area contributed by atoms with Crippen LogP contribution in [0.4, 0.5) is 10.6 Å². The lowest BCUT2D eigenvalue weighted by atomic mass is 9.87. The number of hydrogen-bond donors (Lipinski definition) is 1. The first-order valence-corrected chi connectivity index (χ1v) is 17.0. The number of hydrogen-bond acceptors (Lipinski definition) is 15. The molecular weight excluding hydrogens is 688 g/mol. The van der Waals surface area contributed by atoms with Crippen LogP contribution in [0.5, 0.6) is 23.1 Å². The summed E-state index contributed by atoms with van der Waals surface area (Å²) in [6, 6.07) is 13.1. The highest BCUT2D eigenvalue weighted by Crippen LogP contribution is 2.40. The second-order valence-corrected chi connectivity index (χ2v) is 13.0. The van der Waals surface area contributed by atoms with Crippen LogP contribution in [0, 0.1) is 10.1 Å². The van der Waals surface area contributed by atoms with E-state index in [0.29, 0.717) is 18.6 Å². The number of para-hydroxylation sites is 2. The number of allylic oxidation sites excluding steroid dienone is 1. The van der Waals surface area contributed by atoms with E-state index in [0.717, 1.165) is 5.56 Å². The first kappa shape index (κ1) is 39.7. The van der Waals surface area contributed by atoms with Gasteiger partial charge in [-0.15, -0.1) is 10.1 Å². The van der Waals surface area contributed by atoms with Crippen molar-refractivity contribution in [3.8, 4) is 23.1 Å². The first-order valence-electron chi connectivity index (χ1n) is 15.5. The number of unbranched alkanes of at least 4 members (excludes halogenated alkanes) is 1. The maximum Gasteiger partial charge on any atom is 0.508 e. The van der Waals surface area contributed by atoms with Gasteiger partial charge in [-0.25, -0.2) is 18.2 Å². The number of rotatable bonds is 20. The van der Waals surface area contributed by atoms with Crippen LogP contribution in [-0.4, -0.2) is 76.1 Å². The number of methoxy groups -OCH3 is 1. The molecule has 0 aliphatic rings. The fraction of sp³-hybridized carbons (Fsp3) is 0.364. The SMILES string of the molecule is C=N/C=C\C=NCc1nc(NS(=O)(=O)c2ccc(C(C)(C)C)cc2)c(Oc2ccccc2OC)c(OCCOC(=O)OCCCCO[N+](=O)[O-])n1. The molecule has 17 nitrogen and oxygen atoms in total. The van der Waals surface area contributed by atoms with Crippen LogP contribution in [0.1, 0.15) is 45.0 Å². The lowest BCUT2D eigenvalue weighted by Crippen LogP contribution is -2.18. The molecule has 3 rings (SSSR count). The van der Waals surface area contributed by atoms with Crippen LogP contribution < -0.4 is 18.9 Å². The number of sulfonamides is 1. The molecule has 0 radical (unpaired) electrons. The van der Waals surface area contributed by atoms with Gasteiger partial charge in [0.05, 0.1) is 31.8 Å². The van der Waals surface area contributed by atoms with E-state index in [-0.39, 0.29) is 72.3 Å². The molecule has 0 saturated heterocycles. The Morgan fingerprint density at radius 3 is 2.35 bits per heavy atom. The average Bonchev–Trinajstić information content (AvgIpc) is 3.09. The second-order valence-electron chi connectivity index (χ2n) is 11.3. The van der Waals surface area contributed by atoms with Crippen molar-refractivity contribution < 1.29 is 46.8 Å². The van der Waals surface area contributed by atoms with Crippen LogP contribution in [0.25, 0.3) is 0 Å². The van der Waals surface area contributed by atoms with Gasteiger partial charge in [0.1, 0.15) is 13.2 Å². The number of carbonyl (C=O) groups is 1. The van der Waals surface area contributed by atoms with Crippen LogP contribution in [0.3, 0.4) is 0 Å². The van der Waals surface area contributed by atoms with Crippen molar-refractivity contribution in [1.82, 2.24) is 9.97 Å². The van der Waals surface area contributed by atoms with Gasteiger partial charge in [-0.1, -0.05) is 45.0 Å². The quantitative estimate of drug-likeness (QED) is 0.0488. The Morgan fingerprint density at radius 2 is 1.69 bits per heavy atom. The van der Waals surface area contributed by atoms with E-state index in [1.54, 1.807) is 36.4 Å². The van der Waals surface area contributed by atoms with E-state index in [1.165, 1.54) is 37.7 Å². The minimum absolute atomic E-state index is 0.0290. The average molecular weight is 729 g/mol. The van der Waals surface area contributed by atoms with Gasteiger partial charge in [0.2, 0.25) is 5.75 Å². The molecule has 2 aromatic carbocycles. The molecular formula is C33H40N6O11S. The normalized spacial score (nSPS) is 11.6. The highest BCUT2D eigenvalue weighted by molar-refractivity contribution is 7.92. The molecule has 0 unspecified atom stereocenters. The van der Waals surface area contributed by atoms with Gasteiger partial charge < -0.3 is 28.5 Å². The minimum atomic E-state index is -4.23. The minimum Gasteiger partial charge on any atom is -0.493 e. The van der Waals surface area contributed by atoms with Crippen LogP contribution >= 0.6 is 0 Å². The second kappa shape index (κ2) is 19.4. The zero-order valence-electron chi connectivity index (χ0n) is 28.6. The van der Waals surface area contributed by atoms with Crippen molar-refractivity contribution in [2.24, 2.45) is 9.98 Å². The summed E-state index contributed by atoms with van der Waals surface area (Å²) in [7, 11) is -2.79. The van der Waals surface area contributed by atoms with Gasteiger partial charge in [0.15, 0.2) is 23.1 Å². The zero-order valence-corrected chi connectivity index (χ0v) is 29.5. The van der Waals surface area contributed by atoms with E-state index in [1.807, 2.05) is 20.8 Å². The molecule has 1 aromatic heterocycles. The third-order valence-corrected chi connectivity index (χ3v) is 7.89. The van der Waals surface area contributed by atoms with Gasteiger partial charge in [-0.05, 0) is 60.9 Å². The topological polar surface area (TPSA) is 212 Å². The maximum atomic E-state index is 13.7. The maximum absolute atomic E-state index is 13.7. The molecule has 0 spiro atoms. The smallest absolute Gasteiger partial charge is 0.493 e. The standard InChI is InChI=1S/C33H40N6O11S/c1-33(2,3)24-13-15-25(16-14-24)51(43,44)38-30-29(50-27-12-7-6-11-26(27)45-5)31(37-28(36-30)23-35-18-10-17-34-4)46-21-22-48-32(40)47-19-8-9-20-49-39(41)42/h6-7,10-18H,4,8-9,19-23H2,1-3,5H3,(H,36,37,38)/b17-10-,35-18?. The summed E-state index contributed by atoms with van der Waals surface area (Å²) in [5.74, 6) is -0.108. The van der Waals surface area contributed by atoms with Crippen molar-refractivity contribution in [1.29, 1.82) is 0 Å². The van der Waals surface area contributed by atoms with Crippen molar-refractivity contribution in [2.45, 2.75) is 50.5 Å². The van der Waals surface area contributed by atoms with Crippen LogP contribution in [-0.2, 0) is 36.3 Å². The predicted molar refractivity (Wildman–Crippen MR) is 187 cm³/mol. The van der Waals surface area contributed by atoms with Gasteiger partial charge in [-0.2, -0.15) is 4.98 Å². The summed E-state index contributed by atoms with van der Waals surface area (Å²) < 4.78 is 57.3. The Hall–Kier alpha value is -5.78. The molecule has 0 aliphatic heterocycles. The summed E-state index contributed by atoms with van der Waals surface area (Å²) in [5.41, 5.74) is 0.737. The molecule has 0 amide bonds. The van der Waals surface area contributed by atoms with E-state index >= 15 is 0 Å². The Morgan fingerprint density at radius 1 is 1.00 bits per heavy atom. The summed E-state index contributed by atoms with van der Waals surface area (Å²) in [4.78, 5) is 43.1. The molecule has 0 saturated carbocycles. The number of nitrogens with one attached hydrogen (secondary N) is 1. The molecule has 3 aromatic rings. The largest absolute Gasteiger partial charge is 0.508 e. The number of aromatic nitrogens is 2. The number of nitrogens with zero attached hydrogens (tertiary/aromatic N) is 5. The fourth-order valence-corrected chi connectivity index (χ4v) is 5.04. The molecule has 18 heteroatoms. The van der Waals surface area contributed by atoms with Crippen molar-refractivity contribution in [2.75, 3.05) is 38.3 Å². The summed E-state index contributed by atoms with van der Waals surface area (Å²) in [6.07, 6.45) is 4.00. The Labute approximate surface area is 295 Å². The number of ether oxygens (including phenoxy) is 5. The summed E-state index contributed by atoms with van der Waals surface area (Å²) >= 11 is 0. The summed E-state index contributed by atoms with van der Waals surface area (Å²) in [5, 5.41) is 9.30. The fourth-order valence-electron chi connectivity index (χ4n) is 4.04. The third-order valence-electron chi connectivity index (χ3n) is 6.54. The monoisotopic (exact) mass is 728 g/mol. The van der Waals surface area contributed by atoms with Gasteiger partial charge in [-0.3, -0.25) is 14.7 Å². The molecule has 0 bridgehead atoms. The van der Waals surface area contributed by atoms with Gasteiger partial charge in [0, 0.05) is 12.4 Å². The van der Waals surface area contributed by atoms with E-state index in [4.69, 9.17) is 23.7 Å². The lowest BCUT2D eigenvalue weighted by molar-refractivity contribution is -0.757. The van der Waals surface area contributed by atoms with Gasteiger partial charge >= 0.3 is 6.16 Å². The zero-order chi connectivity index (χ0) is 37.3. The summed E-state index contributed by atoms with van der Waals surface area (Å²) in [6.45, 7) is 8.57. The van der Waals surface area contributed by atoms with Crippen LogP contribution in [0.2, 0.25) is 0 Å². The highest BCUT2D eigenvalue weighted by atomic mass is 32.2. The van der Waals surface area contributed by atoms with E-state index < -0.39 is 21.3 Å². The number of anilines is 1. The number of carbonyl (C=O) groups excluding carboxylic acids is 1. The molecule has 1 heterocycles. The van der Waals surface area contributed by atoms with Gasteiger partial charge in [0.25, 0.3) is 21.0 Å². The van der Waals surface area contributed by atoms with Crippen molar-refractivity contribution in [3.05, 3.63) is 82.3 Å². The van der Waals surface area contributed by atoms with E-state index in [2.05, 4.69) is 36.2 Å². The Kier molecular flexibility index (Phi) is 15.1. The third kappa shape index (κ3) is 13.2. The Balaban J connectivity index is 1.92. The Bertz CT molecular complexity index is 1790. The highest BCUT2D eigenvalue weighted by Gasteiger charge is 2.25. The molecule has 274 valence electrons. The molecule has 0 fully saturated rings. The molecule has 1 N–H and O–H groups in total. The van der Waals surface area contributed by atoms with Crippen LogP contribution in [0.15, 0.2) is 75.7 Å².